The molecule has 0 unspecified atom stereocenters. The summed E-state index contributed by atoms with van der Waals surface area (Å²) in [5.74, 6) is 1.71. The van der Waals surface area contributed by atoms with Gasteiger partial charge < -0.3 is 14.5 Å². The molecule has 7 heteroatoms. The highest BCUT2D eigenvalue weighted by molar-refractivity contribution is 5.85. The molecule has 1 fully saturated rings. The van der Waals surface area contributed by atoms with Gasteiger partial charge in [-0.25, -0.2) is 9.50 Å². The number of fused-ring (bicyclic) bond motifs is 1. The van der Waals surface area contributed by atoms with Crippen molar-refractivity contribution in [3.8, 4) is 22.9 Å². The van der Waals surface area contributed by atoms with Crippen LogP contribution in [0.5, 0.6) is 5.75 Å². The molecule has 0 amide bonds. The molecule has 0 bridgehead atoms. The van der Waals surface area contributed by atoms with Gasteiger partial charge in [-0.05, 0) is 52.1 Å². The Morgan fingerprint density at radius 1 is 1.30 bits per heavy atom. The lowest BCUT2D eigenvalue weighted by atomic mass is 10.0. The summed E-state index contributed by atoms with van der Waals surface area (Å²) in [7, 11) is 4.28. The molecule has 3 aromatic rings. The van der Waals surface area contributed by atoms with E-state index >= 15 is 0 Å². The van der Waals surface area contributed by atoms with Crippen molar-refractivity contribution < 1.29 is 4.74 Å². The molecule has 4 rings (SSSR count). The fourth-order valence-corrected chi connectivity index (χ4v) is 3.96. The molecule has 0 aromatic carbocycles. The van der Waals surface area contributed by atoms with Crippen LogP contribution >= 0.6 is 0 Å². The lowest BCUT2D eigenvalue weighted by molar-refractivity contribution is 0.257. The van der Waals surface area contributed by atoms with E-state index in [1.165, 1.54) is 12.8 Å². The molecular formula is C23H30N6O. The lowest BCUT2D eigenvalue weighted by Gasteiger charge is -2.36. The van der Waals surface area contributed by atoms with E-state index in [0.29, 0.717) is 18.2 Å². The zero-order valence-electron chi connectivity index (χ0n) is 17.2. The average Bonchev–Trinajstić information content (AvgIpc) is 3.17. The molecule has 0 saturated carbocycles. The van der Waals surface area contributed by atoms with Gasteiger partial charge in [-0.3, -0.25) is 0 Å². The Bertz CT molecular complexity index is 1030. The van der Waals surface area contributed by atoms with Gasteiger partial charge in [0.2, 0.25) is 0 Å². The fraction of sp³-hybridized carbons (Fsp3) is 0.435. The average molecular weight is 407 g/mol. The highest BCUT2D eigenvalue weighted by Crippen LogP contribution is 2.31. The molecule has 4 heterocycles. The summed E-state index contributed by atoms with van der Waals surface area (Å²) in [5, 5.41) is 13.8. The Hall–Kier alpha value is -3.11. The molecule has 30 heavy (non-hydrogen) atoms. The van der Waals surface area contributed by atoms with Crippen LogP contribution in [0.2, 0.25) is 0 Å². The molecule has 0 spiro atoms. The number of ether oxygens (including phenoxy) is 1. The van der Waals surface area contributed by atoms with Crippen molar-refractivity contribution in [3.63, 3.8) is 0 Å². The number of nitriles is 1. The predicted molar refractivity (Wildman–Crippen MR) is 120 cm³/mol. The first-order valence-electron chi connectivity index (χ1n) is 10.0. The molecular weight excluding hydrogens is 376 g/mol. The monoisotopic (exact) mass is 406 g/mol. The topological polar surface area (TPSA) is 69.7 Å². The molecule has 1 atom stereocenters. The summed E-state index contributed by atoms with van der Waals surface area (Å²) in [4.78, 5) is 9.39. The minimum Gasteiger partial charge on any atom is -0.492 e. The smallest absolute Gasteiger partial charge is 0.138 e. The second-order valence-corrected chi connectivity index (χ2v) is 7.60. The zero-order chi connectivity index (χ0) is 20.4. The van der Waals surface area contributed by atoms with Gasteiger partial charge in [0, 0.05) is 36.5 Å². The maximum absolute atomic E-state index is 9.49. The maximum Gasteiger partial charge on any atom is 0.138 e. The summed E-state index contributed by atoms with van der Waals surface area (Å²) < 4.78 is 7.40. The van der Waals surface area contributed by atoms with Crippen molar-refractivity contribution in [2.24, 2.45) is 0 Å². The van der Waals surface area contributed by atoms with E-state index < -0.39 is 0 Å². The number of piperidine rings is 1. The van der Waals surface area contributed by atoms with Crippen LogP contribution in [0, 0.1) is 11.3 Å². The Labute approximate surface area is 178 Å². The van der Waals surface area contributed by atoms with Gasteiger partial charge in [-0.2, -0.15) is 10.4 Å². The van der Waals surface area contributed by atoms with E-state index in [9.17, 15) is 5.26 Å². The van der Waals surface area contributed by atoms with Crippen LogP contribution in [0.15, 0.2) is 36.8 Å². The Morgan fingerprint density at radius 2 is 2.13 bits per heavy atom. The molecule has 0 N–H and O–H groups in total. The minimum atomic E-state index is 0. The quantitative estimate of drug-likeness (QED) is 0.641. The van der Waals surface area contributed by atoms with Crippen molar-refractivity contribution in [3.05, 3.63) is 42.4 Å². The number of likely N-dealkylation sites (N-methyl/N-ethyl adjacent to an activating group) is 1. The zero-order valence-corrected chi connectivity index (χ0v) is 17.2. The van der Waals surface area contributed by atoms with Gasteiger partial charge in [0.15, 0.2) is 0 Å². The predicted octanol–water partition coefficient (Wildman–Crippen LogP) is 3.83. The van der Waals surface area contributed by atoms with Gasteiger partial charge in [-0.1, -0.05) is 7.43 Å². The summed E-state index contributed by atoms with van der Waals surface area (Å²) >= 11 is 0. The largest absolute Gasteiger partial charge is 0.492 e. The van der Waals surface area contributed by atoms with Crippen LogP contribution in [0.4, 0.5) is 5.82 Å². The van der Waals surface area contributed by atoms with E-state index in [-0.39, 0.29) is 7.43 Å². The van der Waals surface area contributed by atoms with E-state index in [1.54, 1.807) is 16.9 Å². The molecule has 0 radical (unpaired) electrons. The van der Waals surface area contributed by atoms with Gasteiger partial charge in [0.1, 0.15) is 17.6 Å². The number of aromatic nitrogens is 3. The molecule has 3 aromatic heterocycles. The van der Waals surface area contributed by atoms with E-state index in [0.717, 1.165) is 41.3 Å². The third-order valence-electron chi connectivity index (χ3n) is 5.53. The Balaban J connectivity index is 0.00000256. The first kappa shape index (κ1) is 21.6. The molecule has 158 valence electrons. The number of hydrogen-bond acceptors (Lipinski definition) is 6. The van der Waals surface area contributed by atoms with E-state index in [2.05, 4.69) is 47.2 Å². The molecule has 1 saturated heterocycles. The molecule has 0 aliphatic carbocycles. The first-order valence-corrected chi connectivity index (χ1v) is 10.0. The highest BCUT2D eigenvalue weighted by Gasteiger charge is 2.22. The van der Waals surface area contributed by atoms with Crippen molar-refractivity contribution in [2.75, 3.05) is 38.7 Å². The second kappa shape index (κ2) is 9.14. The SMILES string of the molecule is C.CCOc1cc(-c2ccc(N3CCC[C@@H](N(C)C)C3)nc2)c2c(C#N)cnn2c1. The van der Waals surface area contributed by atoms with Crippen LogP contribution in [0.25, 0.3) is 16.6 Å². The standard InChI is InChI=1S/C22H26N6O.CH4/c1-4-29-19-10-20(22-17(11-23)13-25-28(22)15-19)16-7-8-21(24-12-16)27-9-5-6-18(14-27)26(2)3;/h7-8,10,12-13,15,18H,4-6,9,14H2,1-3H3;1H4/t18-;/m1./s1. The van der Waals surface area contributed by atoms with E-state index in [4.69, 9.17) is 9.72 Å². The third-order valence-corrected chi connectivity index (χ3v) is 5.53. The number of nitrogens with zero attached hydrogens (tertiary/aromatic N) is 6. The van der Waals surface area contributed by atoms with Crippen molar-refractivity contribution in [1.82, 2.24) is 19.5 Å². The summed E-state index contributed by atoms with van der Waals surface area (Å²) in [5.41, 5.74) is 3.15. The van der Waals surface area contributed by atoms with Crippen LogP contribution in [-0.4, -0.2) is 59.3 Å². The first-order chi connectivity index (χ1) is 14.1. The van der Waals surface area contributed by atoms with Gasteiger partial charge in [-0.15, -0.1) is 0 Å². The maximum atomic E-state index is 9.49. The number of rotatable bonds is 5. The van der Waals surface area contributed by atoms with Crippen LogP contribution in [0.1, 0.15) is 32.8 Å². The van der Waals surface area contributed by atoms with Gasteiger partial charge >= 0.3 is 0 Å². The summed E-state index contributed by atoms with van der Waals surface area (Å²) in [6.45, 7) is 4.53. The molecule has 7 nitrogen and oxygen atoms in total. The van der Waals surface area contributed by atoms with Crippen LogP contribution < -0.4 is 9.64 Å². The van der Waals surface area contributed by atoms with E-state index in [1.807, 2.05) is 19.2 Å². The van der Waals surface area contributed by atoms with Crippen molar-refractivity contribution in [2.45, 2.75) is 33.2 Å². The van der Waals surface area contributed by atoms with Gasteiger partial charge in [0.25, 0.3) is 0 Å². The fourth-order valence-electron chi connectivity index (χ4n) is 3.96. The summed E-state index contributed by atoms with van der Waals surface area (Å²) in [6.07, 6.45) is 7.67. The minimum absolute atomic E-state index is 0. The number of pyridine rings is 2. The molecule has 1 aliphatic heterocycles. The lowest BCUT2D eigenvalue weighted by Crippen LogP contribution is -2.45. The summed E-state index contributed by atoms with van der Waals surface area (Å²) in [6, 6.07) is 8.88. The van der Waals surface area contributed by atoms with Crippen LogP contribution in [0.3, 0.4) is 0 Å². The third kappa shape index (κ3) is 4.10. The van der Waals surface area contributed by atoms with Gasteiger partial charge in [0.05, 0.1) is 30.1 Å². The molecule has 1 aliphatic rings. The van der Waals surface area contributed by atoms with Crippen molar-refractivity contribution in [1.29, 1.82) is 5.26 Å². The highest BCUT2D eigenvalue weighted by atomic mass is 16.5. The Kier molecular flexibility index (Phi) is 6.58. The Morgan fingerprint density at radius 3 is 2.80 bits per heavy atom. The normalized spacial score (nSPS) is 16.4. The van der Waals surface area contributed by atoms with Crippen LogP contribution in [-0.2, 0) is 0 Å². The number of hydrogen-bond donors (Lipinski definition) is 0. The second-order valence-electron chi connectivity index (χ2n) is 7.60. The number of anilines is 1. The van der Waals surface area contributed by atoms with Crippen molar-refractivity contribution >= 4 is 11.3 Å².